The molecule has 10 heteroatoms. The van der Waals surface area contributed by atoms with Crippen LogP contribution in [0.5, 0.6) is 11.5 Å². The first-order chi connectivity index (χ1) is 15.8. The van der Waals surface area contributed by atoms with Crippen LogP contribution in [0.2, 0.25) is 0 Å². The molecule has 0 spiro atoms. The Kier molecular flexibility index (Phi) is 6.87. The molecule has 3 aromatic rings. The van der Waals surface area contributed by atoms with Crippen LogP contribution in [0.3, 0.4) is 0 Å². The van der Waals surface area contributed by atoms with Crippen LogP contribution in [0.25, 0.3) is 0 Å². The number of aryl methyl sites for hydroxylation is 1. The predicted molar refractivity (Wildman–Crippen MR) is 127 cm³/mol. The van der Waals surface area contributed by atoms with Crippen LogP contribution < -0.4 is 14.4 Å². The lowest BCUT2D eigenvalue weighted by molar-refractivity contribution is 0.384. The fourth-order valence-electron chi connectivity index (χ4n) is 3.81. The lowest BCUT2D eigenvalue weighted by atomic mass is 10.1. The number of hydrogen-bond donors (Lipinski definition) is 0. The highest BCUT2D eigenvalue weighted by atomic mass is 32.2. The van der Waals surface area contributed by atoms with Crippen molar-refractivity contribution in [3.05, 3.63) is 64.4 Å². The molecular weight excluding hydrogens is 465 g/mol. The Balaban J connectivity index is 1.43. The summed E-state index contributed by atoms with van der Waals surface area (Å²) in [5.41, 5.74) is 2.50. The van der Waals surface area contributed by atoms with Crippen molar-refractivity contribution < 1.29 is 22.3 Å². The molecule has 4 rings (SSSR count). The molecule has 0 amide bonds. The van der Waals surface area contributed by atoms with E-state index in [2.05, 4.69) is 4.90 Å². The second-order valence-electron chi connectivity index (χ2n) is 7.82. The number of sulfonamides is 1. The molecule has 1 aliphatic rings. The average molecular weight is 492 g/mol. The third kappa shape index (κ3) is 5.13. The number of benzene rings is 2. The second-order valence-corrected chi connectivity index (χ2v) is 10.6. The van der Waals surface area contributed by atoms with Gasteiger partial charge in [0.15, 0.2) is 5.13 Å². The molecular formula is C23H26FN3O4S2. The Bertz CT molecular complexity index is 1220. The number of thiazole rings is 1. The van der Waals surface area contributed by atoms with Crippen LogP contribution in [0.1, 0.15) is 16.8 Å². The maximum Gasteiger partial charge on any atom is 0.243 e. The molecule has 2 aromatic carbocycles. The molecule has 0 unspecified atom stereocenters. The van der Waals surface area contributed by atoms with E-state index in [4.69, 9.17) is 14.5 Å². The maximum absolute atomic E-state index is 13.7. The summed E-state index contributed by atoms with van der Waals surface area (Å²) >= 11 is 1.54. The number of anilines is 1. The number of halogens is 1. The fourth-order valence-corrected chi connectivity index (χ4v) is 6.35. The Labute approximate surface area is 197 Å². The first-order valence-electron chi connectivity index (χ1n) is 10.5. The summed E-state index contributed by atoms with van der Waals surface area (Å²) < 4.78 is 51.8. The van der Waals surface area contributed by atoms with Gasteiger partial charge in [-0.25, -0.2) is 17.8 Å². The SMILES string of the molecule is COc1cc(Cc2csc(N3CCN(S(=O)(=O)c4cc(F)ccc4C)CC3)n2)cc(OC)c1. The topological polar surface area (TPSA) is 72.0 Å². The zero-order valence-electron chi connectivity index (χ0n) is 18.7. The van der Waals surface area contributed by atoms with Gasteiger partial charge in [-0.3, -0.25) is 0 Å². The summed E-state index contributed by atoms with van der Waals surface area (Å²) in [6, 6.07) is 9.60. The van der Waals surface area contributed by atoms with Crippen molar-refractivity contribution in [3.63, 3.8) is 0 Å². The van der Waals surface area contributed by atoms with E-state index in [0.29, 0.717) is 38.2 Å². The van der Waals surface area contributed by atoms with Crippen LogP contribution in [-0.4, -0.2) is 58.1 Å². The van der Waals surface area contributed by atoms with Gasteiger partial charge in [-0.1, -0.05) is 6.07 Å². The minimum Gasteiger partial charge on any atom is -0.497 e. The van der Waals surface area contributed by atoms with Gasteiger partial charge in [0.05, 0.1) is 24.8 Å². The molecule has 176 valence electrons. The predicted octanol–water partition coefficient (Wildman–Crippen LogP) is 3.71. The van der Waals surface area contributed by atoms with Gasteiger partial charge in [0.25, 0.3) is 0 Å². The minimum absolute atomic E-state index is 0.0289. The third-order valence-corrected chi connectivity index (χ3v) is 8.60. The molecule has 1 aliphatic heterocycles. The Morgan fingerprint density at radius 3 is 2.33 bits per heavy atom. The molecule has 1 saturated heterocycles. The summed E-state index contributed by atoms with van der Waals surface area (Å²) in [4.78, 5) is 6.87. The van der Waals surface area contributed by atoms with Gasteiger partial charge < -0.3 is 14.4 Å². The van der Waals surface area contributed by atoms with Gasteiger partial charge in [0, 0.05) is 44.0 Å². The molecule has 0 radical (unpaired) electrons. The number of aromatic nitrogens is 1. The smallest absolute Gasteiger partial charge is 0.243 e. The molecule has 33 heavy (non-hydrogen) atoms. The standard InChI is InChI=1S/C23H26FN3O4S2/c1-16-4-5-18(24)13-22(16)33(28,29)27-8-6-26(7-9-27)23-25-19(15-32-23)10-17-11-20(30-2)14-21(12-17)31-3/h4-5,11-15H,6-10H2,1-3H3. The number of hydrogen-bond acceptors (Lipinski definition) is 7. The summed E-state index contributed by atoms with van der Waals surface area (Å²) in [5.74, 6) is 0.901. The van der Waals surface area contributed by atoms with E-state index in [1.54, 1.807) is 21.1 Å². The minimum atomic E-state index is -3.74. The first kappa shape index (κ1) is 23.5. The molecule has 1 aromatic heterocycles. The summed E-state index contributed by atoms with van der Waals surface area (Å²) in [6.45, 7) is 3.36. The van der Waals surface area contributed by atoms with Crippen LogP contribution in [0, 0.1) is 12.7 Å². The van der Waals surface area contributed by atoms with Gasteiger partial charge in [0.2, 0.25) is 10.0 Å². The average Bonchev–Trinajstić information content (AvgIpc) is 3.28. The van der Waals surface area contributed by atoms with E-state index in [0.717, 1.165) is 34.0 Å². The van der Waals surface area contributed by atoms with Crippen LogP contribution >= 0.6 is 11.3 Å². The second kappa shape index (κ2) is 9.66. The van der Waals surface area contributed by atoms with Crippen molar-refractivity contribution >= 4 is 26.5 Å². The fraction of sp³-hybridized carbons (Fsp3) is 0.348. The van der Waals surface area contributed by atoms with E-state index in [1.807, 2.05) is 23.6 Å². The number of nitrogens with zero attached hydrogens (tertiary/aromatic N) is 3. The van der Waals surface area contributed by atoms with Gasteiger partial charge in [-0.2, -0.15) is 4.31 Å². The molecule has 0 N–H and O–H groups in total. The van der Waals surface area contributed by atoms with Gasteiger partial charge >= 0.3 is 0 Å². The maximum atomic E-state index is 13.7. The van der Waals surface area contributed by atoms with Gasteiger partial charge in [-0.15, -0.1) is 11.3 Å². The van der Waals surface area contributed by atoms with Crippen molar-refractivity contribution in [2.24, 2.45) is 0 Å². The van der Waals surface area contributed by atoms with Crippen molar-refractivity contribution in [2.45, 2.75) is 18.2 Å². The van der Waals surface area contributed by atoms with Crippen molar-refractivity contribution in [2.75, 3.05) is 45.3 Å². The largest absolute Gasteiger partial charge is 0.497 e. The first-order valence-corrected chi connectivity index (χ1v) is 12.8. The quantitative estimate of drug-likeness (QED) is 0.502. The molecule has 0 saturated carbocycles. The highest BCUT2D eigenvalue weighted by Gasteiger charge is 2.30. The van der Waals surface area contributed by atoms with E-state index in [-0.39, 0.29) is 4.90 Å². The Morgan fingerprint density at radius 2 is 1.70 bits per heavy atom. The number of methoxy groups -OCH3 is 2. The highest BCUT2D eigenvalue weighted by Crippen LogP contribution is 2.28. The van der Waals surface area contributed by atoms with E-state index < -0.39 is 15.8 Å². The van der Waals surface area contributed by atoms with Crippen molar-refractivity contribution in [3.8, 4) is 11.5 Å². The lowest BCUT2D eigenvalue weighted by Crippen LogP contribution is -2.48. The molecule has 0 atom stereocenters. The van der Waals surface area contributed by atoms with Crippen LogP contribution in [0.15, 0.2) is 46.7 Å². The van der Waals surface area contributed by atoms with E-state index in [1.165, 1.54) is 27.8 Å². The normalized spacial score (nSPS) is 15.0. The molecule has 0 aliphatic carbocycles. The van der Waals surface area contributed by atoms with Crippen molar-refractivity contribution in [1.29, 1.82) is 0 Å². The number of piperazine rings is 1. The summed E-state index contributed by atoms with van der Waals surface area (Å²) in [5, 5.41) is 2.87. The molecule has 2 heterocycles. The highest BCUT2D eigenvalue weighted by molar-refractivity contribution is 7.89. The van der Waals surface area contributed by atoms with Gasteiger partial charge in [0.1, 0.15) is 17.3 Å². The Morgan fingerprint density at radius 1 is 1.03 bits per heavy atom. The number of rotatable bonds is 7. The van der Waals surface area contributed by atoms with Crippen molar-refractivity contribution in [1.82, 2.24) is 9.29 Å². The van der Waals surface area contributed by atoms with Crippen LogP contribution in [0.4, 0.5) is 9.52 Å². The zero-order chi connectivity index (χ0) is 23.6. The molecule has 1 fully saturated rings. The Hall–Kier alpha value is -2.69. The zero-order valence-corrected chi connectivity index (χ0v) is 20.4. The molecule has 7 nitrogen and oxygen atoms in total. The number of ether oxygens (including phenoxy) is 2. The third-order valence-electron chi connectivity index (χ3n) is 5.61. The lowest BCUT2D eigenvalue weighted by Gasteiger charge is -2.34. The monoisotopic (exact) mass is 491 g/mol. The van der Waals surface area contributed by atoms with E-state index >= 15 is 0 Å². The summed E-state index contributed by atoms with van der Waals surface area (Å²) in [7, 11) is -0.504. The van der Waals surface area contributed by atoms with Crippen LogP contribution in [-0.2, 0) is 16.4 Å². The molecule has 0 bridgehead atoms. The van der Waals surface area contributed by atoms with Gasteiger partial charge in [-0.05, 0) is 42.3 Å². The summed E-state index contributed by atoms with van der Waals surface area (Å²) in [6.07, 6.45) is 0.636. The van der Waals surface area contributed by atoms with E-state index in [9.17, 15) is 12.8 Å².